The molecule has 1 aliphatic rings. The number of benzene rings is 2. The first-order chi connectivity index (χ1) is 12.7. The van der Waals surface area contributed by atoms with E-state index in [9.17, 15) is 4.79 Å². The van der Waals surface area contributed by atoms with E-state index < -0.39 is 0 Å². The first kappa shape index (κ1) is 18.5. The number of piperazine rings is 1. The summed E-state index contributed by atoms with van der Waals surface area (Å²) in [6.45, 7) is 4.98. The molecule has 0 aliphatic carbocycles. The topological polar surface area (TPSA) is 32.8 Å². The van der Waals surface area contributed by atoms with Crippen molar-refractivity contribution in [2.45, 2.75) is 6.54 Å². The van der Waals surface area contributed by atoms with E-state index in [1.165, 1.54) is 22.7 Å². The molecule has 2 aromatic carbocycles. The molecule has 1 saturated heterocycles. The number of allylic oxidation sites excluding steroid dienone is 1. The molecule has 0 atom stereocenters. The van der Waals surface area contributed by atoms with E-state index in [1.54, 1.807) is 7.11 Å². The molecule has 4 nitrogen and oxygen atoms in total. The first-order valence-electron chi connectivity index (χ1n) is 8.75. The Morgan fingerprint density at radius 1 is 1.04 bits per heavy atom. The number of hydrogen-bond acceptors (Lipinski definition) is 5. The lowest BCUT2D eigenvalue weighted by Gasteiger charge is -2.36. The second-order valence-electron chi connectivity index (χ2n) is 6.34. The van der Waals surface area contributed by atoms with Crippen LogP contribution in [-0.2, 0) is 6.54 Å². The van der Waals surface area contributed by atoms with Crippen LogP contribution < -0.4 is 9.64 Å². The molecule has 0 unspecified atom stereocenters. The van der Waals surface area contributed by atoms with E-state index in [1.807, 2.05) is 36.4 Å². The van der Waals surface area contributed by atoms with Crippen LogP contribution in [0, 0.1) is 0 Å². The Balaban J connectivity index is 1.53. The van der Waals surface area contributed by atoms with Gasteiger partial charge in [-0.15, -0.1) is 0 Å². The fourth-order valence-corrected chi connectivity index (χ4v) is 3.29. The lowest BCUT2D eigenvalue weighted by atomic mass is 10.1. The van der Waals surface area contributed by atoms with Crippen LogP contribution in [0.4, 0.5) is 5.69 Å². The summed E-state index contributed by atoms with van der Waals surface area (Å²) in [7, 11) is 1.69. The van der Waals surface area contributed by atoms with Gasteiger partial charge in [-0.05, 0) is 53.4 Å². The van der Waals surface area contributed by atoms with Crippen molar-refractivity contribution in [3.05, 3.63) is 71.1 Å². The Morgan fingerprint density at radius 2 is 1.69 bits per heavy atom. The average Bonchev–Trinajstić information content (AvgIpc) is 2.69. The molecule has 136 valence electrons. The quantitative estimate of drug-likeness (QED) is 0.479. The molecule has 26 heavy (non-hydrogen) atoms. The first-order valence-corrected chi connectivity index (χ1v) is 9.26. The van der Waals surface area contributed by atoms with Crippen LogP contribution in [0.1, 0.15) is 15.9 Å². The Kier molecular flexibility index (Phi) is 6.36. The summed E-state index contributed by atoms with van der Waals surface area (Å²) in [5.41, 5.74) is 3.16. The summed E-state index contributed by atoms with van der Waals surface area (Å²) in [5.74, 6) is 0.876. The molecular formula is C21H24N2O2S. The van der Waals surface area contributed by atoms with Crippen molar-refractivity contribution in [1.29, 1.82) is 0 Å². The molecule has 0 N–H and O–H groups in total. The van der Waals surface area contributed by atoms with E-state index in [0.717, 1.165) is 38.5 Å². The van der Waals surface area contributed by atoms with Crippen molar-refractivity contribution in [1.82, 2.24) is 4.90 Å². The molecule has 1 aliphatic heterocycles. The molecule has 0 aromatic heterocycles. The van der Waals surface area contributed by atoms with Crippen LogP contribution in [0.25, 0.3) is 0 Å². The molecular weight excluding hydrogens is 344 g/mol. The summed E-state index contributed by atoms with van der Waals surface area (Å²) in [6.07, 6.45) is 1.47. The summed E-state index contributed by atoms with van der Waals surface area (Å²) >= 11 is 3.95. The van der Waals surface area contributed by atoms with Gasteiger partial charge in [0.05, 0.1) is 7.11 Å². The van der Waals surface area contributed by atoms with Crippen molar-refractivity contribution >= 4 is 24.1 Å². The predicted molar refractivity (Wildman–Crippen MR) is 109 cm³/mol. The van der Waals surface area contributed by atoms with E-state index in [4.69, 9.17) is 4.74 Å². The highest BCUT2D eigenvalue weighted by molar-refractivity contribution is 7.83. The van der Waals surface area contributed by atoms with Gasteiger partial charge in [0, 0.05) is 44.0 Å². The molecule has 0 saturated carbocycles. The van der Waals surface area contributed by atoms with Gasteiger partial charge in [-0.25, -0.2) is 0 Å². The van der Waals surface area contributed by atoms with Crippen LogP contribution >= 0.6 is 12.6 Å². The highest BCUT2D eigenvalue weighted by Gasteiger charge is 2.17. The molecule has 5 heteroatoms. The van der Waals surface area contributed by atoms with Crippen molar-refractivity contribution in [3.8, 4) is 5.75 Å². The number of nitrogens with zero attached hydrogens (tertiary/aromatic N) is 2. The average molecular weight is 369 g/mol. The number of anilines is 1. The number of rotatable bonds is 6. The molecule has 1 fully saturated rings. The van der Waals surface area contributed by atoms with Crippen molar-refractivity contribution in [2.24, 2.45) is 0 Å². The molecule has 0 radical (unpaired) electrons. The van der Waals surface area contributed by atoms with Crippen LogP contribution in [0.15, 0.2) is 60.0 Å². The van der Waals surface area contributed by atoms with Crippen LogP contribution in [0.3, 0.4) is 0 Å². The SMILES string of the molecule is COc1ccc(CN2CCN(c3ccc(C(=O)/C=C/S)cc3)CC2)cc1. The molecule has 1 heterocycles. The minimum Gasteiger partial charge on any atom is -0.497 e. The van der Waals surface area contributed by atoms with Crippen molar-refractivity contribution < 1.29 is 9.53 Å². The summed E-state index contributed by atoms with van der Waals surface area (Å²) in [6, 6.07) is 16.1. The number of carbonyl (C=O) groups is 1. The largest absolute Gasteiger partial charge is 0.497 e. The Morgan fingerprint density at radius 3 is 2.27 bits per heavy atom. The summed E-state index contributed by atoms with van der Waals surface area (Å²) < 4.78 is 5.21. The predicted octanol–water partition coefficient (Wildman–Crippen LogP) is 3.64. The summed E-state index contributed by atoms with van der Waals surface area (Å²) in [5, 5.41) is 1.47. The maximum Gasteiger partial charge on any atom is 0.186 e. The summed E-state index contributed by atoms with van der Waals surface area (Å²) in [4.78, 5) is 16.7. The van der Waals surface area contributed by atoms with Crippen molar-refractivity contribution in [2.75, 3.05) is 38.2 Å². The number of thiol groups is 1. The van der Waals surface area contributed by atoms with E-state index in [-0.39, 0.29) is 5.78 Å². The van der Waals surface area contributed by atoms with E-state index >= 15 is 0 Å². The van der Waals surface area contributed by atoms with Gasteiger partial charge in [-0.1, -0.05) is 12.1 Å². The molecule has 3 rings (SSSR count). The zero-order valence-electron chi connectivity index (χ0n) is 15.0. The lowest BCUT2D eigenvalue weighted by Crippen LogP contribution is -2.45. The third kappa shape index (κ3) is 4.68. The molecule has 0 spiro atoms. The number of ketones is 1. The van der Waals surface area contributed by atoms with Gasteiger partial charge >= 0.3 is 0 Å². The second kappa shape index (κ2) is 8.92. The van der Waals surface area contributed by atoms with Crippen molar-refractivity contribution in [3.63, 3.8) is 0 Å². The normalized spacial score (nSPS) is 15.4. The van der Waals surface area contributed by atoms with Crippen LogP contribution in [0.5, 0.6) is 5.75 Å². The number of methoxy groups -OCH3 is 1. The second-order valence-corrected chi connectivity index (χ2v) is 6.64. The smallest absolute Gasteiger partial charge is 0.186 e. The Bertz CT molecular complexity index is 749. The van der Waals surface area contributed by atoms with Gasteiger partial charge < -0.3 is 9.64 Å². The standard InChI is InChI=1S/C21H24N2O2S/c1-25-20-8-2-17(3-9-20)16-22-11-13-23(14-12-22)19-6-4-18(5-7-19)21(24)10-15-26/h2-10,15,26H,11-14,16H2,1H3/b15-10+. The molecule has 0 bridgehead atoms. The van der Waals surface area contributed by atoms with Gasteiger partial charge in [0.1, 0.15) is 5.75 Å². The lowest BCUT2D eigenvalue weighted by molar-refractivity contribution is 0.104. The van der Waals surface area contributed by atoms with Gasteiger partial charge in [0.15, 0.2) is 5.78 Å². The maximum absolute atomic E-state index is 11.8. The highest BCUT2D eigenvalue weighted by Crippen LogP contribution is 2.19. The van der Waals surface area contributed by atoms with Crippen LogP contribution in [-0.4, -0.2) is 44.0 Å². The van der Waals surface area contributed by atoms with E-state index in [0.29, 0.717) is 5.56 Å². The monoisotopic (exact) mass is 368 g/mol. The number of carbonyl (C=O) groups excluding carboxylic acids is 1. The van der Waals surface area contributed by atoms with Crippen LogP contribution in [0.2, 0.25) is 0 Å². The Labute approximate surface area is 160 Å². The minimum atomic E-state index is -0.0177. The third-order valence-corrected chi connectivity index (χ3v) is 4.83. The fourth-order valence-electron chi connectivity index (χ4n) is 3.15. The van der Waals surface area contributed by atoms with E-state index in [2.05, 4.69) is 34.6 Å². The number of ether oxygens (including phenoxy) is 1. The highest BCUT2D eigenvalue weighted by atomic mass is 32.1. The maximum atomic E-state index is 11.8. The van der Waals surface area contributed by atoms with Gasteiger partial charge in [-0.3, -0.25) is 9.69 Å². The Hall–Kier alpha value is -2.24. The molecule has 2 aromatic rings. The zero-order valence-corrected chi connectivity index (χ0v) is 15.9. The zero-order chi connectivity index (χ0) is 18.4. The fraction of sp³-hybridized carbons (Fsp3) is 0.286. The number of hydrogen-bond donors (Lipinski definition) is 1. The van der Waals surface area contributed by atoms with Gasteiger partial charge in [0.2, 0.25) is 0 Å². The molecule has 0 amide bonds. The van der Waals surface area contributed by atoms with Gasteiger partial charge in [-0.2, -0.15) is 12.6 Å². The minimum absolute atomic E-state index is 0.0177. The third-order valence-electron chi connectivity index (χ3n) is 4.68. The van der Waals surface area contributed by atoms with Gasteiger partial charge in [0.25, 0.3) is 0 Å².